The molecule has 0 aromatic heterocycles. The van der Waals surface area contributed by atoms with Gasteiger partial charge in [-0.3, -0.25) is 9.59 Å². The first-order valence-electron chi connectivity index (χ1n) is 17.0. The number of hydrogen-bond acceptors (Lipinski definition) is 4. The molecule has 0 unspecified atom stereocenters. The van der Waals surface area contributed by atoms with E-state index < -0.39 is 0 Å². The molecule has 0 fully saturated rings. The highest BCUT2D eigenvalue weighted by atomic mass is 79.9. The summed E-state index contributed by atoms with van der Waals surface area (Å²) in [7, 11) is 0. The Labute approximate surface area is 343 Å². The lowest BCUT2D eigenvalue weighted by atomic mass is 9.86. The van der Waals surface area contributed by atoms with Crippen molar-refractivity contribution in [2.45, 2.75) is 0 Å². The number of halogens is 4. The molecule has 0 bridgehead atoms. The molecule has 0 saturated heterocycles. The van der Waals surface area contributed by atoms with Crippen molar-refractivity contribution < 1.29 is 9.59 Å². The van der Waals surface area contributed by atoms with Crippen LogP contribution in [0.5, 0.6) is 0 Å². The minimum absolute atomic E-state index is 0.0610. The summed E-state index contributed by atoms with van der Waals surface area (Å²) in [4.78, 5) is 31.0. The second kappa shape index (κ2) is 15.4. The molecule has 8 rings (SSSR count). The van der Waals surface area contributed by atoms with Gasteiger partial charge in [-0.05, 0) is 126 Å². The van der Waals surface area contributed by atoms with E-state index in [0.717, 1.165) is 58.7 Å². The van der Waals surface area contributed by atoms with Crippen molar-refractivity contribution in [3.05, 3.63) is 205 Å². The fourth-order valence-electron chi connectivity index (χ4n) is 6.65. The summed E-state index contributed by atoms with van der Waals surface area (Å²) in [6, 6.07) is 56.2. The van der Waals surface area contributed by atoms with Crippen LogP contribution in [0, 0.1) is 0 Å². The first-order valence-corrected chi connectivity index (χ1v) is 19.8. The lowest BCUT2D eigenvalue weighted by molar-refractivity contribution is 0.0998. The molecule has 0 atom stereocenters. The number of carbonyl (C=O) groups is 2. The van der Waals surface area contributed by atoms with Crippen molar-refractivity contribution in [2.75, 3.05) is 9.80 Å². The summed E-state index contributed by atoms with van der Waals surface area (Å²) in [6.07, 6.45) is 0. The van der Waals surface area contributed by atoms with Crippen molar-refractivity contribution in [2.24, 2.45) is 0 Å². The summed E-state index contributed by atoms with van der Waals surface area (Å²) in [5.74, 6) is -0.602. The first-order chi connectivity index (χ1) is 26.2. The zero-order valence-corrected chi connectivity index (χ0v) is 33.9. The van der Waals surface area contributed by atoms with E-state index in [2.05, 4.69) is 155 Å². The largest absolute Gasteiger partial charge is 0.311 e. The molecular formula is C46H28Br3ClN2O2. The van der Waals surface area contributed by atoms with Crippen LogP contribution < -0.4 is 9.80 Å². The van der Waals surface area contributed by atoms with Crippen molar-refractivity contribution >= 4 is 111 Å². The van der Waals surface area contributed by atoms with Gasteiger partial charge in [0.05, 0.1) is 5.57 Å². The quantitative estimate of drug-likeness (QED) is 0.152. The molecule has 7 aromatic carbocycles. The van der Waals surface area contributed by atoms with E-state index in [4.69, 9.17) is 11.6 Å². The van der Waals surface area contributed by atoms with Crippen molar-refractivity contribution in [3.8, 4) is 11.1 Å². The van der Waals surface area contributed by atoms with Gasteiger partial charge in [0.15, 0.2) is 5.78 Å². The molecule has 0 amide bonds. The van der Waals surface area contributed by atoms with E-state index >= 15 is 0 Å². The number of Topliss-reactive ketones (excluding diaryl/α,β-unsaturated/α-hetero) is 2. The third-order valence-electron chi connectivity index (χ3n) is 9.32. The van der Waals surface area contributed by atoms with Gasteiger partial charge in [-0.2, -0.15) is 0 Å². The second-order valence-corrected chi connectivity index (χ2v) is 15.8. The molecule has 262 valence electrons. The Morgan fingerprint density at radius 1 is 0.352 bits per heavy atom. The Morgan fingerprint density at radius 2 is 0.630 bits per heavy atom. The van der Waals surface area contributed by atoms with Gasteiger partial charge in [0.25, 0.3) is 0 Å². The fraction of sp³-hybridized carbons (Fsp3) is 0. The van der Waals surface area contributed by atoms with E-state index in [1.165, 1.54) is 0 Å². The fourth-order valence-corrected chi connectivity index (χ4v) is 7.74. The van der Waals surface area contributed by atoms with Crippen LogP contribution in [0.15, 0.2) is 188 Å². The molecule has 7 aromatic rings. The molecule has 0 radical (unpaired) electrons. The highest BCUT2D eigenvalue weighted by molar-refractivity contribution is 9.11. The molecule has 0 heterocycles. The summed E-state index contributed by atoms with van der Waals surface area (Å²) in [6.45, 7) is 0. The van der Waals surface area contributed by atoms with E-state index in [1.807, 2.05) is 48.5 Å². The van der Waals surface area contributed by atoms with Crippen LogP contribution in [-0.2, 0) is 0 Å². The van der Waals surface area contributed by atoms with Crippen molar-refractivity contribution in [3.63, 3.8) is 0 Å². The Hall–Kier alpha value is -5.05. The number of fused-ring (bicyclic) bond motifs is 1. The monoisotopic (exact) mass is 912 g/mol. The molecule has 0 saturated carbocycles. The maximum Gasteiger partial charge on any atom is 0.205 e. The molecule has 1 aliphatic rings. The highest BCUT2D eigenvalue weighted by Crippen LogP contribution is 2.40. The predicted molar refractivity (Wildman–Crippen MR) is 232 cm³/mol. The zero-order valence-electron chi connectivity index (χ0n) is 28.4. The average Bonchev–Trinajstić information content (AvgIpc) is 3.20. The molecule has 1 aliphatic carbocycles. The number of nitrogens with zero attached hydrogens (tertiary/aromatic N) is 2. The van der Waals surface area contributed by atoms with Crippen molar-refractivity contribution in [1.82, 2.24) is 0 Å². The normalized spacial score (nSPS) is 12.4. The summed E-state index contributed by atoms with van der Waals surface area (Å²) in [5.41, 5.74) is 9.63. The van der Waals surface area contributed by atoms with Crippen LogP contribution in [-0.4, -0.2) is 11.6 Å². The molecule has 0 spiro atoms. The predicted octanol–water partition coefficient (Wildman–Crippen LogP) is 14.6. The van der Waals surface area contributed by atoms with Gasteiger partial charge in [0.1, 0.15) is 5.03 Å². The number of benzene rings is 7. The van der Waals surface area contributed by atoms with Crippen LogP contribution in [0.3, 0.4) is 0 Å². The highest BCUT2D eigenvalue weighted by Gasteiger charge is 2.32. The van der Waals surface area contributed by atoms with E-state index in [-0.39, 0.29) is 22.2 Å². The Kier molecular flexibility index (Phi) is 10.2. The van der Waals surface area contributed by atoms with Gasteiger partial charge in [-0.15, -0.1) is 0 Å². The lowest BCUT2D eigenvalue weighted by Crippen LogP contribution is -2.19. The van der Waals surface area contributed by atoms with Gasteiger partial charge < -0.3 is 9.80 Å². The Bertz CT molecular complexity index is 2490. The minimum Gasteiger partial charge on any atom is -0.311 e. The number of hydrogen-bond donors (Lipinski definition) is 0. The summed E-state index contributed by atoms with van der Waals surface area (Å²) >= 11 is 17.2. The zero-order chi connectivity index (χ0) is 37.3. The third kappa shape index (κ3) is 7.13. The molecular weight excluding hydrogens is 888 g/mol. The number of carbonyl (C=O) groups excluding carboxylic acids is 2. The maximum absolute atomic E-state index is 13.5. The molecule has 0 aliphatic heterocycles. The summed E-state index contributed by atoms with van der Waals surface area (Å²) in [5, 5.41) is -0.0610. The van der Waals surface area contributed by atoms with Gasteiger partial charge in [-0.1, -0.05) is 120 Å². The van der Waals surface area contributed by atoms with Gasteiger partial charge in [0, 0.05) is 58.7 Å². The minimum atomic E-state index is -0.344. The van der Waals surface area contributed by atoms with Gasteiger partial charge in [0.2, 0.25) is 5.78 Å². The molecule has 54 heavy (non-hydrogen) atoms. The number of rotatable bonds is 8. The average molecular weight is 916 g/mol. The van der Waals surface area contributed by atoms with Crippen LogP contribution in [0.1, 0.15) is 26.3 Å². The smallest absolute Gasteiger partial charge is 0.205 e. The van der Waals surface area contributed by atoms with E-state index in [0.29, 0.717) is 16.7 Å². The standard InChI is InChI=1S/C46H28Br3ClN2O2/c47-32-11-23-38(24-12-32)51(37-21-9-31(10-22-37)43-44(50)46(54)42-4-2-1-3-41(42)45(43)53)35-17-5-29(6-18-35)30-7-19-36(20-8-30)52(39-25-13-33(48)14-26-39)40-27-15-34(49)16-28-40/h1-28H. The molecule has 0 N–H and O–H groups in total. The van der Waals surface area contributed by atoms with Crippen LogP contribution in [0.4, 0.5) is 34.1 Å². The number of allylic oxidation sites excluding steroid dienone is 2. The molecule has 4 nitrogen and oxygen atoms in total. The maximum atomic E-state index is 13.5. The van der Waals surface area contributed by atoms with E-state index in [9.17, 15) is 9.59 Å². The van der Waals surface area contributed by atoms with Crippen LogP contribution in [0.25, 0.3) is 16.7 Å². The first kappa shape index (κ1) is 36.0. The van der Waals surface area contributed by atoms with E-state index in [1.54, 1.807) is 24.3 Å². The Balaban J connectivity index is 1.10. The van der Waals surface area contributed by atoms with Gasteiger partial charge >= 0.3 is 0 Å². The Morgan fingerprint density at radius 3 is 0.963 bits per heavy atom. The van der Waals surface area contributed by atoms with Crippen LogP contribution >= 0.6 is 59.4 Å². The lowest BCUT2D eigenvalue weighted by Gasteiger charge is -2.26. The van der Waals surface area contributed by atoms with Crippen molar-refractivity contribution in [1.29, 1.82) is 0 Å². The topological polar surface area (TPSA) is 40.6 Å². The number of ketones is 2. The number of anilines is 6. The molecule has 8 heteroatoms. The van der Waals surface area contributed by atoms with Crippen LogP contribution in [0.2, 0.25) is 0 Å². The second-order valence-electron chi connectivity index (χ2n) is 12.6. The summed E-state index contributed by atoms with van der Waals surface area (Å²) < 4.78 is 3.03. The van der Waals surface area contributed by atoms with Gasteiger partial charge in [-0.25, -0.2) is 0 Å². The SMILES string of the molecule is O=C1C(Cl)=C(c2ccc(N(c3ccc(Br)cc3)c3ccc(-c4ccc(N(c5ccc(Br)cc5)c5ccc(Br)cc5)cc4)cc3)cc2)C(=O)c2ccccc21. The third-order valence-corrected chi connectivity index (χ3v) is 11.3.